The highest BCUT2D eigenvalue weighted by molar-refractivity contribution is 5.76. The van der Waals surface area contributed by atoms with Gasteiger partial charge in [-0.2, -0.15) is 5.10 Å². The number of para-hydroxylation sites is 1. The van der Waals surface area contributed by atoms with E-state index < -0.39 is 4.92 Å². The fourth-order valence-corrected chi connectivity index (χ4v) is 3.05. The molecule has 0 unspecified atom stereocenters. The van der Waals surface area contributed by atoms with Gasteiger partial charge in [-0.05, 0) is 25.0 Å². The summed E-state index contributed by atoms with van der Waals surface area (Å²) in [7, 11) is 0. The van der Waals surface area contributed by atoms with E-state index in [1.807, 2.05) is 18.2 Å². The van der Waals surface area contributed by atoms with E-state index >= 15 is 0 Å². The zero-order valence-electron chi connectivity index (χ0n) is 13.9. The summed E-state index contributed by atoms with van der Waals surface area (Å²) in [5.41, 5.74) is 1.11. The Morgan fingerprint density at radius 2 is 2.16 bits per heavy atom. The third-order valence-corrected chi connectivity index (χ3v) is 4.31. The van der Waals surface area contributed by atoms with Crippen LogP contribution in [0.5, 0.6) is 0 Å². The molecule has 2 aromatic rings. The molecule has 1 amide bonds. The van der Waals surface area contributed by atoms with Crippen LogP contribution in [0, 0.1) is 10.1 Å². The average molecular weight is 343 g/mol. The van der Waals surface area contributed by atoms with Crippen LogP contribution >= 0.6 is 0 Å². The number of carbonyl (C=O) groups is 1. The molecule has 1 aliphatic heterocycles. The summed E-state index contributed by atoms with van der Waals surface area (Å²) in [6.45, 7) is 2.12. The van der Waals surface area contributed by atoms with Crippen molar-refractivity contribution >= 4 is 17.3 Å². The maximum Gasteiger partial charge on any atom is 0.306 e. The topological polar surface area (TPSA) is 93.3 Å². The van der Waals surface area contributed by atoms with Gasteiger partial charge in [0, 0.05) is 37.8 Å². The average Bonchev–Trinajstić information content (AvgIpc) is 3.10. The van der Waals surface area contributed by atoms with Gasteiger partial charge in [0.2, 0.25) is 5.91 Å². The summed E-state index contributed by atoms with van der Waals surface area (Å²) < 4.78 is 1.43. The summed E-state index contributed by atoms with van der Waals surface area (Å²) in [5, 5.41) is 17.6. The first kappa shape index (κ1) is 16.9. The van der Waals surface area contributed by atoms with Crippen molar-refractivity contribution in [2.75, 3.05) is 18.0 Å². The number of piperidine rings is 1. The summed E-state index contributed by atoms with van der Waals surface area (Å²) in [4.78, 5) is 24.6. The standard InChI is InChI=1S/C17H21N5O3/c23-17(8-10-21-13-16(11-18-21)22(24)25)19-14-5-4-9-20(12-14)15-6-2-1-3-7-15/h1-3,6-7,11,13-14H,4-5,8-10,12H2,(H,19,23)/t14-/m0/s1. The molecule has 1 aliphatic rings. The van der Waals surface area contributed by atoms with Crippen LogP contribution in [0.3, 0.4) is 0 Å². The zero-order chi connectivity index (χ0) is 17.6. The number of rotatable bonds is 6. The van der Waals surface area contributed by atoms with Crippen LogP contribution in [0.4, 0.5) is 11.4 Å². The Balaban J connectivity index is 1.48. The van der Waals surface area contributed by atoms with E-state index in [0.29, 0.717) is 6.54 Å². The van der Waals surface area contributed by atoms with Gasteiger partial charge >= 0.3 is 5.69 Å². The molecule has 2 heterocycles. The molecule has 3 rings (SSSR count). The smallest absolute Gasteiger partial charge is 0.306 e. The van der Waals surface area contributed by atoms with Crippen LogP contribution in [-0.2, 0) is 11.3 Å². The predicted octanol–water partition coefficient (Wildman–Crippen LogP) is 1.97. The molecule has 1 saturated heterocycles. The van der Waals surface area contributed by atoms with Crippen LogP contribution in [0.2, 0.25) is 0 Å². The van der Waals surface area contributed by atoms with Crippen molar-refractivity contribution in [3.63, 3.8) is 0 Å². The number of hydrogen-bond donors (Lipinski definition) is 1. The van der Waals surface area contributed by atoms with Crippen molar-refractivity contribution in [1.29, 1.82) is 0 Å². The molecule has 0 spiro atoms. The van der Waals surface area contributed by atoms with Gasteiger partial charge < -0.3 is 10.2 Å². The second-order valence-corrected chi connectivity index (χ2v) is 6.16. The van der Waals surface area contributed by atoms with Crippen molar-refractivity contribution in [3.8, 4) is 0 Å². The fourth-order valence-electron chi connectivity index (χ4n) is 3.05. The Morgan fingerprint density at radius 3 is 2.88 bits per heavy atom. The molecule has 0 saturated carbocycles. The second-order valence-electron chi connectivity index (χ2n) is 6.16. The minimum atomic E-state index is -0.496. The lowest BCUT2D eigenvalue weighted by Gasteiger charge is -2.34. The highest BCUT2D eigenvalue weighted by atomic mass is 16.6. The summed E-state index contributed by atoms with van der Waals surface area (Å²) >= 11 is 0. The van der Waals surface area contributed by atoms with E-state index in [1.54, 1.807) is 0 Å². The fraction of sp³-hybridized carbons (Fsp3) is 0.412. The summed E-state index contributed by atoms with van der Waals surface area (Å²) in [6, 6.07) is 10.3. The van der Waals surface area contributed by atoms with Crippen molar-refractivity contribution in [2.24, 2.45) is 0 Å². The zero-order valence-corrected chi connectivity index (χ0v) is 13.9. The second kappa shape index (κ2) is 7.78. The van der Waals surface area contributed by atoms with Gasteiger partial charge in [0.25, 0.3) is 0 Å². The molecule has 0 radical (unpaired) electrons. The van der Waals surface area contributed by atoms with Crippen molar-refractivity contribution in [3.05, 3.63) is 52.8 Å². The Bertz CT molecular complexity index is 731. The van der Waals surface area contributed by atoms with E-state index in [4.69, 9.17) is 0 Å². The van der Waals surface area contributed by atoms with Gasteiger partial charge in [-0.25, -0.2) is 0 Å². The molecule has 8 nitrogen and oxygen atoms in total. The molecule has 1 N–H and O–H groups in total. The number of benzene rings is 1. The van der Waals surface area contributed by atoms with Crippen LogP contribution in [0.1, 0.15) is 19.3 Å². The molecule has 0 aliphatic carbocycles. The SMILES string of the molecule is O=C(CCn1cc([N+](=O)[O-])cn1)N[C@H]1CCCN(c2ccccc2)C1. The van der Waals surface area contributed by atoms with Crippen LogP contribution in [0.15, 0.2) is 42.7 Å². The van der Waals surface area contributed by atoms with E-state index in [2.05, 4.69) is 27.4 Å². The number of aryl methyl sites for hydroxylation is 1. The highest BCUT2D eigenvalue weighted by Gasteiger charge is 2.21. The highest BCUT2D eigenvalue weighted by Crippen LogP contribution is 2.19. The maximum atomic E-state index is 12.2. The van der Waals surface area contributed by atoms with Crippen LogP contribution in [0.25, 0.3) is 0 Å². The van der Waals surface area contributed by atoms with Crippen LogP contribution < -0.4 is 10.2 Å². The summed E-state index contributed by atoms with van der Waals surface area (Å²) in [6.07, 6.45) is 4.77. The van der Waals surface area contributed by atoms with E-state index in [1.165, 1.54) is 22.8 Å². The molecule has 1 aromatic heterocycles. The number of carbonyl (C=O) groups excluding carboxylic acids is 1. The minimum absolute atomic E-state index is 0.0573. The molecule has 1 aromatic carbocycles. The molecule has 8 heteroatoms. The Morgan fingerprint density at radius 1 is 1.36 bits per heavy atom. The molecule has 1 fully saturated rings. The lowest BCUT2D eigenvalue weighted by Crippen LogP contribution is -2.48. The quantitative estimate of drug-likeness (QED) is 0.639. The van der Waals surface area contributed by atoms with E-state index in [-0.39, 0.29) is 24.1 Å². The number of hydrogen-bond acceptors (Lipinski definition) is 5. The molecular weight excluding hydrogens is 322 g/mol. The number of aromatic nitrogens is 2. The molecular formula is C17H21N5O3. The first-order valence-corrected chi connectivity index (χ1v) is 8.38. The first-order valence-electron chi connectivity index (χ1n) is 8.38. The third-order valence-electron chi connectivity index (χ3n) is 4.31. The minimum Gasteiger partial charge on any atom is -0.369 e. The molecule has 132 valence electrons. The van der Waals surface area contributed by atoms with Gasteiger partial charge in [0.15, 0.2) is 0 Å². The van der Waals surface area contributed by atoms with E-state index in [0.717, 1.165) is 25.9 Å². The Hall–Kier alpha value is -2.90. The van der Waals surface area contributed by atoms with Crippen LogP contribution in [-0.4, -0.2) is 39.7 Å². The molecule has 1 atom stereocenters. The van der Waals surface area contributed by atoms with Crippen molar-refractivity contribution in [1.82, 2.24) is 15.1 Å². The van der Waals surface area contributed by atoms with Gasteiger partial charge in [0.05, 0.1) is 4.92 Å². The number of nitro groups is 1. The Labute approximate surface area is 145 Å². The lowest BCUT2D eigenvalue weighted by molar-refractivity contribution is -0.385. The predicted molar refractivity (Wildman–Crippen MR) is 93.3 cm³/mol. The van der Waals surface area contributed by atoms with Gasteiger partial charge in [-0.15, -0.1) is 0 Å². The van der Waals surface area contributed by atoms with Gasteiger partial charge in [-0.3, -0.25) is 19.6 Å². The van der Waals surface area contributed by atoms with Crippen molar-refractivity contribution < 1.29 is 9.72 Å². The number of nitrogens with one attached hydrogen (secondary N) is 1. The van der Waals surface area contributed by atoms with Crippen molar-refractivity contribution in [2.45, 2.75) is 31.8 Å². The largest absolute Gasteiger partial charge is 0.369 e. The van der Waals surface area contributed by atoms with Gasteiger partial charge in [-0.1, -0.05) is 18.2 Å². The van der Waals surface area contributed by atoms with E-state index in [9.17, 15) is 14.9 Å². The monoisotopic (exact) mass is 343 g/mol. The number of amides is 1. The number of nitrogens with zero attached hydrogens (tertiary/aromatic N) is 4. The third kappa shape index (κ3) is 4.56. The normalized spacial score (nSPS) is 17.3. The number of anilines is 1. The lowest BCUT2D eigenvalue weighted by atomic mass is 10.0. The first-order chi connectivity index (χ1) is 12.1. The molecule has 25 heavy (non-hydrogen) atoms. The Kier molecular flexibility index (Phi) is 5.27. The van der Waals surface area contributed by atoms with Gasteiger partial charge in [0.1, 0.15) is 12.4 Å². The summed E-state index contributed by atoms with van der Waals surface area (Å²) in [5.74, 6) is -0.0573. The molecule has 0 bridgehead atoms. The maximum absolute atomic E-state index is 12.2.